The van der Waals surface area contributed by atoms with E-state index < -0.39 is 0 Å². The lowest BCUT2D eigenvalue weighted by Crippen LogP contribution is -2.22. The molecule has 0 aliphatic carbocycles. The minimum absolute atomic E-state index is 0.230. The van der Waals surface area contributed by atoms with E-state index in [1.165, 1.54) is 18.4 Å². The SMILES string of the molecule is C=C[C@H](CC(CC)CC)[C@H](O)CCc1ccccc1. The number of aliphatic hydroxyl groups is 1. The van der Waals surface area contributed by atoms with Crippen LogP contribution in [-0.4, -0.2) is 11.2 Å². The zero-order valence-electron chi connectivity index (χ0n) is 12.4. The van der Waals surface area contributed by atoms with Gasteiger partial charge in [0.2, 0.25) is 0 Å². The molecule has 19 heavy (non-hydrogen) atoms. The van der Waals surface area contributed by atoms with Gasteiger partial charge in [-0.05, 0) is 30.7 Å². The minimum atomic E-state index is -0.265. The molecule has 0 aromatic heterocycles. The first-order chi connectivity index (χ1) is 9.21. The molecule has 0 saturated carbocycles. The van der Waals surface area contributed by atoms with Gasteiger partial charge in [-0.3, -0.25) is 0 Å². The van der Waals surface area contributed by atoms with Crippen LogP contribution in [-0.2, 0) is 6.42 Å². The standard InChI is InChI=1S/C18H28O/c1-4-15(5-2)14-17(6-3)18(19)13-12-16-10-8-7-9-11-16/h6-11,15,17-19H,3-5,12-14H2,1-2H3/t17-,18-/m1/s1. The smallest absolute Gasteiger partial charge is 0.0606 e. The summed E-state index contributed by atoms with van der Waals surface area (Å²) in [5, 5.41) is 10.3. The van der Waals surface area contributed by atoms with Gasteiger partial charge in [0.05, 0.1) is 6.10 Å². The minimum Gasteiger partial charge on any atom is -0.393 e. The molecule has 0 heterocycles. The second-order valence-corrected chi connectivity index (χ2v) is 5.41. The van der Waals surface area contributed by atoms with E-state index in [0.717, 1.165) is 19.3 Å². The largest absolute Gasteiger partial charge is 0.393 e. The lowest BCUT2D eigenvalue weighted by Gasteiger charge is -2.23. The summed E-state index contributed by atoms with van der Waals surface area (Å²) in [4.78, 5) is 0. The maximum atomic E-state index is 10.3. The highest BCUT2D eigenvalue weighted by atomic mass is 16.3. The van der Waals surface area contributed by atoms with Gasteiger partial charge in [-0.2, -0.15) is 0 Å². The zero-order valence-corrected chi connectivity index (χ0v) is 12.4. The number of aliphatic hydroxyl groups excluding tert-OH is 1. The van der Waals surface area contributed by atoms with Crippen LogP contribution in [0.3, 0.4) is 0 Å². The van der Waals surface area contributed by atoms with Gasteiger partial charge in [0.1, 0.15) is 0 Å². The van der Waals surface area contributed by atoms with Gasteiger partial charge < -0.3 is 5.11 Å². The van der Waals surface area contributed by atoms with Crippen LogP contribution in [0.2, 0.25) is 0 Å². The summed E-state index contributed by atoms with van der Waals surface area (Å²) in [6.45, 7) is 8.35. The molecule has 0 fully saturated rings. The molecule has 1 nitrogen and oxygen atoms in total. The molecular formula is C18H28O. The van der Waals surface area contributed by atoms with Crippen molar-refractivity contribution >= 4 is 0 Å². The predicted molar refractivity (Wildman–Crippen MR) is 83.1 cm³/mol. The molecule has 0 unspecified atom stereocenters. The highest BCUT2D eigenvalue weighted by Gasteiger charge is 2.19. The van der Waals surface area contributed by atoms with Crippen molar-refractivity contribution in [1.82, 2.24) is 0 Å². The van der Waals surface area contributed by atoms with E-state index in [4.69, 9.17) is 0 Å². The molecule has 1 heteroatoms. The highest BCUT2D eigenvalue weighted by molar-refractivity contribution is 5.14. The molecule has 0 spiro atoms. The molecule has 0 amide bonds. The summed E-state index contributed by atoms with van der Waals surface area (Å²) in [5.41, 5.74) is 1.30. The highest BCUT2D eigenvalue weighted by Crippen LogP contribution is 2.24. The lowest BCUT2D eigenvalue weighted by atomic mass is 9.85. The normalized spacial score (nSPS) is 14.3. The van der Waals surface area contributed by atoms with Crippen LogP contribution in [0.5, 0.6) is 0 Å². The van der Waals surface area contributed by atoms with E-state index in [9.17, 15) is 5.11 Å². The molecule has 0 saturated heterocycles. The van der Waals surface area contributed by atoms with Crippen LogP contribution in [0, 0.1) is 11.8 Å². The molecule has 1 N–H and O–H groups in total. The number of rotatable bonds is 9. The van der Waals surface area contributed by atoms with Crippen LogP contribution in [0.25, 0.3) is 0 Å². The summed E-state index contributed by atoms with van der Waals surface area (Å²) < 4.78 is 0. The van der Waals surface area contributed by atoms with Gasteiger partial charge in [-0.15, -0.1) is 6.58 Å². The third kappa shape index (κ3) is 5.61. The molecule has 0 bridgehead atoms. The fraction of sp³-hybridized carbons (Fsp3) is 0.556. The molecule has 0 aliphatic rings. The second kappa shape index (κ2) is 8.92. The van der Waals surface area contributed by atoms with Crippen molar-refractivity contribution in [3.63, 3.8) is 0 Å². The molecule has 106 valence electrons. The molecule has 1 rings (SSSR count). The third-order valence-corrected chi connectivity index (χ3v) is 4.13. The number of benzene rings is 1. The van der Waals surface area contributed by atoms with Crippen molar-refractivity contribution in [2.45, 2.75) is 52.1 Å². The molecule has 2 atom stereocenters. The number of aryl methyl sites for hydroxylation is 1. The fourth-order valence-corrected chi connectivity index (χ4v) is 2.59. The zero-order chi connectivity index (χ0) is 14.1. The Balaban J connectivity index is 2.45. The Morgan fingerprint density at radius 1 is 1.16 bits per heavy atom. The van der Waals surface area contributed by atoms with Crippen LogP contribution >= 0.6 is 0 Å². The Morgan fingerprint density at radius 3 is 2.32 bits per heavy atom. The van der Waals surface area contributed by atoms with Crippen LogP contribution in [0.4, 0.5) is 0 Å². The van der Waals surface area contributed by atoms with Gasteiger partial charge in [-0.1, -0.05) is 63.1 Å². The average Bonchev–Trinajstić information content (AvgIpc) is 2.47. The quantitative estimate of drug-likeness (QED) is 0.643. The molecule has 1 aromatic rings. The Bertz CT molecular complexity index is 340. The average molecular weight is 260 g/mol. The van der Waals surface area contributed by atoms with Gasteiger partial charge in [0.15, 0.2) is 0 Å². The molecular weight excluding hydrogens is 232 g/mol. The second-order valence-electron chi connectivity index (χ2n) is 5.41. The van der Waals surface area contributed by atoms with Gasteiger partial charge in [0.25, 0.3) is 0 Å². The Kier molecular flexibility index (Phi) is 7.50. The lowest BCUT2D eigenvalue weighted by molar-refractivity contribution is 0.106. The van der Waals surface area contributed by atoms with Crippen LogP contribution < -0.4 is 0 Å². The van der Waals surface area contributed by atoms with E-state index in [1.54, 1.807) is 0 Å². The first-order valence-corrected chi connectivity index (χ1v) is 7.55. The summed E-state index contributed by atoms with van der Waals surface area (Å²) in [6.07, 6.45) is 6.87. The Morgan fingerprint density at radius 2 is 1.79 bits per heavy atom. The first kappa shape index (κ1) is 16.0. The molecule has 1 aromatic carbocycles. The van der Waals surface area contributed by atoms with Crippen LogP contribution in [0.15, 0.2) is 43.0 Å². The summed E-state index contributed by atoms with van der Waals surface area (Å²) >= 11 is 0. The van der Waals surface area contributed by atoms with Crippen molar-refractivity contribution in [1.29, 1.82) is 0 Å². The van der Waals surface area contributed by atoms with Crippen molar-refractivity contribution in [2.24, 2.45) is 11.8 Å². The summed E-state index contributed by atoms with van der Waals surface area (Å²) in [5.74, 6) is 0.933. The van der Waals surface area contributed by atoms with Gasteiger partial charge in [0, 0.05) is 5.92 Å². The van der Waals surface area contributed by atoms with Gasteiger partial charge >= 0.3 is 0 Å². The number of hydrogen-bond acceptors (Lipinski definition) is 1. The summed E-state index contributed by atoms with van der Waals surface area (Å²) in [7, 11) is 0. The van der Waals surface area contributed by atoms with E-state index in [2.05, 4.69) is 44.7 Å². The van der Waals surface area contributed by atoms with Crippen LogP contribution in [0.1, 0.15) is 45.1 Å². The maximum absolute atomic E-state index is 10.3. The van der Waals surface area contributed by atoms with Crippen molar-refractivity contribution in [3.05, 3.63) is 48.6 Å². The van der Waals surface area contributed by atoms with Crippen molar-refractivity contribution in [3.8, 4) is 0 Å². The fourth-order valence-electron chi connectivity index (χ4n) is 2.59. The van der Waals surface area contributed by atoms with E-state index in [-0.39, 0.29) is 12.0 Å². The first-order valence-electron chi connectivity index (χ1n) is 7.55. The van der Waals surface area contributed by atoms with Crippen molar-refractivity contribution < 1.29 is 5.11 Å². The Labute approximate surface area is 118 Å². The predicted octanol–water partition coefficient (Wildman–Crippen LogP) is 4.61. The van der Waals surface area contributed by atoms with Gasteiger partial charge in [-0.25, -0.2) is 0 Å². The summed E-state index contributed by atoms with van der Waals surface area (Å²) in [6, 6.07) is 10.4. The van der Waals surface area contributed by atoms with Crippen molar-refractivity contribution in [2.75, 3.05) is 0 Å². The van der Waals surface area contributed by atoms with E-state index in [0.29, 0.717) is 5.92 Å². The molecule has 0 aliphatic heterocycles. The maximum Gasteiger partial charge on any atom is 0.0606 e. The topological polar surface area (TPSA) is 20.2 Å². The number of hydrogen-bond donors (Lipinski definition) is 1. The molecule has 0 radical (unpaired) electrons. The third-order valence-electron chi connectivity index (χ3n) is 4.13. The Hall–Kier alpha value is -1.08. The van der Waals surface area contributed by atoms with E-state index >= 15 is 0 Å². The monoisotopic (exact) mass is 260 g/mol. The van der Waals surface area contributed by atoms with E-state index in [1.807, 2.05) is 12.1 Å².